The molecular formula is C23H30O5. The Morgan fingerprint density at radius 2 is 1.75 bits per heavy atom. The first kappa shape index (κ1) is 21.8. The summed E-state index contributed by atoms with van der Waals surface area (Å²) in [4.78, 5) is 25.6. The Hall–Kier alpha value is -2.52. The molecule has 0 spiro atoms. The van der Waals surface area contributed by atoms with Gasteiger partial charge >= 0.3 is 11.9 Å². The largest absolute Gasteiger partial charge is 0.497 e. The van der Waals surface area contributed by atoms with Crippen molar-refractivity contribution in [2.45, 2.75) is 46.5 Å². The molecule has 2 rings (SSSR count). The Bertz CT molecular complexity index is 723. The third-order valence-electron chi connectivity index (χ3n) is 5.21. The minimum atomic E-state index is -1.25. The van der Waals surface area contributed by atoms with Crippen LogP contribution < -0.4 is 4.74 Å². The molecule has 0 aliphatic heterocycles. The summed E-state index contributed by atoms with van der Waals surface area (Å²) >= 11 is 0. The zero-order valence-corrected chi connectivity index (χ0v) is 17.2. The standard InChI is InChI=1S/C23H30O5/c1-5-8-18-13-14-23(21(24)27-6-2,22(25)28-7-3)16-19(18)15-17-9-11-20(26-4)12-10-17/h5,9-12,19H,6-7,13-16H2,1-4H3. The maximum atomic E-state index is 12.8. The molecule has 0 N–H and O–H groups in total. The number of carbonyl (C=O) groups excluding carboxylic acids is 2. The number of methoxy groups -OCH3 is 1. The number of rotatable bonds is 7. The lowest BCUT2D eigenvalue weighted by molar-refractivity contribution is -0.175. The summed E-state index contributed by atoms with van der Waals surface area (Å²) in [5.74, 6) is -0.156. The van der Waals surface area contributed by atoms with E-state index in [1.165, 1.54) is 0 Å². The molecule has 1 aliphatic rings. The summed E-state index contributed by atoms with van der Waals surface area (Å²) in [5, 5.41) is 0. The second-order valence-electron chi connectivity index (χ2n) is 6.93. The van der Waals surface area contributed by atoms with E-state index < -0.39 is 17.4 Å². The second-order valence-corrected chi connectivity index (χ2v) is 6.93. The highest BCUT2D eigenvalue weighted by Crippen LogP contribution is 2.45. The van der Waals surface area contributed by atoms with E-state index >= 15 is 0 Å². The molecule has 1 aromatic carbocycles. The van der Waals surface area contributed by atoms with Crippen LogP contribution >= 0.6 is 0 Å². The number of carbonyl (C=O) groups is 2. The first-order valence-corrected chi connectivity index (χ1v) is 9.88. The Kier molecular flexibility index (Phi) is 7.89. The molecule has 1 aliphatic carbocycles. The van der Waals surface area contributed by atoms with E-state index in [2.05, 4.69) is 5.73 Å². The van der Waals surface area contributed by atoms with E-state index in [9.17, 15) is 9.59 Å². The molecule has 0 amide bonds. The minimum absolute atomic E-state index is 0.00663. The number of esters is 2. The predicted molar refractivity (Wildman–Crippen MR) is 107 cm³/mol. The molecule has 1 aromatic rings. The Labute approximate surface area is 167 Å². The van der Waals surface area contributed by atoms with Gasteiger partial charge in [0.2, 0.25) is 0 Å². The van der Waals surface area contributed by atoms with Gasteiger partial charge in [-0.1, -0.05) is 12.1 Å². The summed E-state index contributed by atoms with van der Waals surface area (Å²) in [6, 6.07) is 7.86. The molecule has 0 saturated heterocycles. The molecule has 1 unspecified atom stereocenters. The highest BCUT2D eigenvalue weighted by molar-refractivity contribution is 6.00. The van der Waals surface area contributed by atoms with Crippen molar-refractivity contribution in [1.82, 2.24) is 0 Å². The van der Waals surface area contributed by atoms with Gasteiger partial charge in [-0.05, 0) is 81.7 Å². The third-order valence-corrected chi connectivity index (χ3v) is 5.21. The lowest BCUT2D eigenvalue weighted by Gasteiger charge is -2.37. The summed E-state index contributed by atoms with van der Waals surface area (Å²) in [6.45, 7) is 5.90. The average Bonchev–Trinajstić information content (AvgIpc) is 2.70. The predicted octanol–water partition coefficient (Wildman–Crippen LogP) is 4.25. The summed E-state index contributed by atoms with van der Waals surface area (Å²) in [7, 11) is 1.63. The van der Waals surface area contributed by atoms with Gasteiger partial charge in [-0.25, -0.2) is 0 Å². The highest BCUT2D eigenvalue weighted by atomic mass is 16.6. The summed E-state index contributed by atoms with van der Waals surface area (Å²) in [5.41, 5.74) is 4.31. The summed E-state index contributed by atoms with van der Waals surface area (Å²) in [6.07, 6.45) is 3.97. The van der Waals surface area contributed by atoms with Gasteiger partial charge in [0, 0.05) is 0 Å². The van der Waals surface area contributed by atoms with Crippen LogP contribution in [0.25, 0.3) is 0 Å². The van der Waals surface area contributed by atoms with Gasteiger partial charge in [0.25, 0.3) is 0 Å². The van der Waals surface area contributed by atoms with Crippen LogP contribution in [0.1, 0.15) is 45.6 Å². The van der Waals surface area contributed by atoms with Crippen LogP contribution in [0.5, 0.6) is 5.75 Å². The average molecular weight is 386 g/mol. The van der Waals surface area contributed by atoms with E-state index in [0.29, 0.717) is 25.7 Å². The molecule has 1 fully saturated rings. The lowest BCUT2D eigenvalue weighted by Crippen LogP contribution is -2.46. The third kappa shape index (κ3) is 4.85. The van der Waals surface area contributed by atoms with Crippen molar-refractivity contribution in [2.24, 2.45) is 11.3 Å². The number of hydrogen-bond donors (Lipinski definition) is 0. The number of hydrogen-bond acceptors (Lipinski definition) is 5. The quantitative estimate of drug-likeness (QED) is 0.398. The fraction of sp³-hybridized carbons (Fsp3) is 0.522. The maximum absolute atomic E-state index is 12.8. The van der Waals surface area contributed by atoms with Crippen molar-refractivity contribution >= 4 is 11.9 Å². The van der Waals surface area contributed by atoms with Crippen molar-refractivity contribution in [1.29, 1.82) is 0 Å². The van der Waals surface area contributed by atoms with Crippen LogP contribution in [0.2, 0.25) is 0 Å². The van der Waals surface area contributed by atoms with Crippen molar-refractivity contribution in [3.8, 4) is 5.75 Å². The van der Waals surface area contributed by atoms with Crippen molar-refractivity contribution in [3.05, 3.63) is 47.2 Å². The van der Waals surface area contributed by atoms with Crippen LogP contribution in [0.3, 0.4) is 0 Å². The van der Waals surface area contributed by atoms with Crippen molar-refractivity contribution < 1.29 is 23.8 Å². The lowest BCUT2D eigenvalue weighted by atomic mass is 9.66. The molecular weight excluding hydrogens is 356 g/mol. The normalized spacial score (nSPS) is 18.0. The molecule has 1 atom stereocenters. The SMILES string of the molecule is CC=C=C1CCC(C(=O)OCC)(C(=O)OCC)CC1Cc1ccc(OC)cc1. The zero-order chi connectivity index (χ0) is 20.6. The Balaban J connectivity index is 2.36. The number of allylic oxidation sites excluding steroid dienone is 1. The van der Waals surface area contributed by atoms with Crippen LogP contribution in [-0.4, -0.2) is 32.3 Å². The Morgan fingerprint density at radius 3 is 2.25 bits per heavy atom. The zero-order valence-electron chi connectivity index (χ0n) is 17.2. The maximum Gasteiger partial charge on any atom is 0.323 e. The van der Waals surface area contributed by atoms with Gasteiger partial charge < -0.3 is 14.2 Å². The van der Waals surface area contributed by atoms with Gasteiger partial charge in [0.05, 0.1) is 20.3 Å². The van der Waals surface area contributed by atoms with Crippen LogP contribution in [0.4, 0.5) is 0 Å². The van der Waals surface area contributed by atoms with E-state index in [1.54, 1.807) is 21.0 Å². The smallest absolute Gasteiger partial charge is 0.323 e. The number of benzene rings is 1. The van der Waals surface area contributed by atoms with Crippen LogP contribution in [0.15, 0.2) is 41.6 Å². The van der Waals surface area contributed by atoms with E-state index in [-0.39, 0.29) is 19.1 Å². The van der Waals surface area contributed by atoms with E-state index in [0.717, 1.165) is 16.9 Å². The fourth-order valence-electron chi connectivity index (χ4n) is 3.81. The molecule has 1 saturated carbocycles. The topological polar surface area (TPSA) is 61.8 Å². The molecule has 0 radical (unpaired) electrons. The van der Waals surface area contributed by atoms with Crippen LogP contribution in [-0.2, 0) is 25.5 Å². The molecule has 5 nitrogen and oxygen atoms in total. The molecule has 5 heteroatoms. The van der Waals surface area contributed by atoms with Crippen molar-refractivity contribution in [2.75, 3.05) is 20.3 Å². The van der Waals surface area contributed by atoms with Crippen molar-refractivity contribution in [3.63, 3.8) is 0 Å². The van der Waals surface area contributed by atoms with Gasteiger partial charge in [-0.3, -0.25) is 9.59 Å². The van der Waals surface area contributed by atoms with Gasteiger partial charge in [-0.15, -0.1) is 5.73 Å². The molecule has 152 valence electrons. The monoisotopic (exact) mass is 386 g/mol. The van der Waals surface area contributed by atoms with Gasteiger partial charge in [0.1, 0.15) is 5.75 Å². The first-order chi connectivity index (χ1) is 13.5. The molecule has 0 heterocycles. The fourth-order valence-corrected chi connectivity index (χ4v) is 3.81. The van der Waals surface area contributed by atoms with E-state index in [4.69, 9.17) is 14.2 Å². The van der Waals surface area contributed by atoms with Crippen LogP contribution in [0, 0.1) is 11.3 Å². The number of ether oxygens (including phenoxy) is 3. The first-order valence-electron chi connectivity index (χ1n) is 9.88. The second kappa shape index (κ2) is 10.1. The highest BCUT2D eigenvalue weighted by Gasteiger charge is 2.52. The van der Waals surface area contributed by atoms with Gasteiger partial charge in [-0.2, -0.15) is 0 Å². The van der Waals surface area contributed by atoms with Gasteiger partial charge in [0.15, 0.2) is 5.41 Å². The molecule has 0 bridgehead atoms. The minimum Gasteiger partial charge on any atom is -0.497 e. The Morgan fingerprint density at radius 1 is 1.14 bits per heavy atom. The molecule has 0 aromatic heterocycles. The van der Waals surface area contributed by atoms with E-state index in [1.807, 2.05) is 37.3 Å². The molecule has 28 heavy (non-hydrogen) atoms. The summed E-state index contributed by atoms with van der Waals surface area (Å²) < 4.78 is 15.8.